The van der Waals surface area contributed by atoms with E-state index in [2.05, 4.69) is 18.2 Å². The van der Waals surface area contributed by atoms with Gasteiger partial charge in [0.1, 0.15) is 0 Å². The predicted octanol–water partition coefficient (Wildman–Crippen LogP) is 0.207. The lowest BCUT2D eigenvalue weighted by Crippen LogP contribution is -2.51. The Balaban J connectivity index is 2.36. The molecule has 0 radical (unpaired) electrons. The minimum atomic E-state index is -0.351. The highest BCUT2D eigenvalue weighted by Crippen LogP contribution is 2.26. The Morgan fingerprint density at radius 2 is 2.31 bits per heavy atom. The van der Waals surface area contributed by atoms with E-state index in [1.807, 2.05) is 6.08 Å². The zero-order chi connectivity index (χ0) is 9.42. The van der Waals surface area contributed by atoms with Gasteiger partial charge in [0.15, 0.2) is 0 Å². The zero-order valence-electron chi connectivity index (χ0n) is 6.73. The summed E-state index contributed by atoms with van der Waals surface area (Å²) >= 11 is 3.83. The van der Waals surface area contributed by atoms with Crippen molar-refractivity contribution >= 4 is 24.6 Å². The largest absolute Gasteiger partial charge is 0.271 e. The number of rotatable bonds is 0. The summed E-state index contributed by atoms with van der Waals surface area (Å²) in [7, 11) is 0. The molecule has 2 rings (SSSR count). The number of allylic oxidation sites excluding steroid dienone is 3. The molecule has 0 aromatic carbocycles. The topological polar surface area (TPSA) is 49.4 Å². The van der Waals surface area contributed by atoms with Crippen molar-refractivity contribution in [1.82, 2.24) is 9.84 Å². The summed E-state index contributed by atoms with van der Waals surface area (Å²) in [6.45, 7) is 0. The van der Waals surface area contributed by atoms with Crippen molar-refractivity contribution in [3.8, 4) is 0 Å². The second-order valence-corrected chi connectivity index (χ2v) is 3.33. The van der Waals surface area contributed by atoms with Gasteiger partial charge >= 0.3 is 0 Å². The summed E-state index contributed by atoms with van der Waals surface area (Å²) in [5, 5.41) is 0. The number of nitrogens with one attached hydrogen (secondary N) is 1. The molecule has 1 aliphatic carbocycles. The molecule has 1 heterocycles. The molecule has 5 heteroatoms. The molecule has 1 atom stereocenters. The number of carbonyl (C=O) groups is 2. The van der Waals surface area contributed by atoms with E-state index in [-0.39, 0.29) is 17.7 Å². The van der Waals surface area contributed by atoms with Crippen molar-refractivity contribution < 1.29 is 9.59 Å². The van der Waals surface area contributed by atoms with E-state index >= 15 is 0 Å². The minimum absolute atomic E-state index is 0.182. The molecule has 0 saturated carbocycles. The SMILES string of the molecule is O=C1NN(S)C(=O)C2CC=CC=C12. The van der Waals surface area contributed by atoms with Crippen LogP contribution in [0.15, 0.2) is 23.8 Å². The Morgan fingerprint density at radius 1 is 1.54 bits per heavy atom. The highest BCUT2D eigenvalue weighted by Gasteiger charge is 2.36. The standard InChI is InChI=1S/C8H8N2O2S/c11-7-5-3-1-2-4-6(5)8(12)10(13)9-7/h1-3,6,13H,4H2,(H,9,11). The van der Waals surface area contributed by atoms with E-state index in [1.165, 1.54) is 0 Å². The summed E-state index contributed by atoms with van der Waals surface area (Å²) in [5.74, 6) is -0.779. The van der Waals surface area contributed by atoms with Crippen molar-refractivity contribution in [2.45, 2.75) is 6.42 Å². The summed E-state index contributed by atoms with van der Waals surface area (Å²) in [6, 6.07) is 0. The van der Waals surface area contributed by atoms with Gasteiger partial charge in [-0.2, -0.15) is 4.41 Å². The van der Waals surface area contributed by atoms with Crippen molar-refractivity contribution in [1.29, 1.82) is 0 Å². The third kappa shape index (κ3) is 1.25. The van der Waals surface area contributed by atoms with Crippen LogP contribution in [-0.4, -0.2) is 16.2 Å². The van der Waals surface area contributed by atoms with Crippen molar-refractivity contribution in [3.63, 3.8) is 0 Å². The highest BCUT2D eigenvalue weighted by atomic mass is 32.1. The monoisotopic (exact) mass is 196 g/mol. The number of nitrogens with zero attached hydrogens (tertiary/aromatic N) is 1. The summed E-state index contributed by atoms with van der Waals surface area (Å²) in [5.41, 5.74) is 2.86. The first-order chi connectivity index (χ1) is 6.20. The van der Waals surface area contributed by atoms with Gasteiger partial charge in [-0.05, 0) is 19.2 Å². The van der Waals surface area contributed by atoms with Gasteiger partial charge in [0.2, 0.25) is 0 Å². The average molecular weight is 196 g/mol. The van der Waals surface area contributed by atoms with E-state index in [9.17, 15) is 9.59 Å². The summed E-state index contributed by atoms with van der Waals surface area (Å²) < 4.78 is 0.948. The van der Waals surface area contributed by atoms with Crippen molar-refractivity contribution in [2.75, 3.05) is 0 Å². The maximum Gasteiger partial charge on any atom is 0.267 e. The van der Waals surface area contributed by atoms with E-state index in [0.29, 0.717) is 12.0 Å². The average Bonchev–Trinajstić information content (AvgIpc) is 2.15. The van der Waals surface area contributed by atoms with Gasteiger partial charge in [-0.25, -0.2) is 0 Å². The van der Waals surface area contributed by atoms with E-state index in [4.69, 9.17) is 0 Å². The Hall–Kier alpha value is -1.23. The molecule has 4 nitrogen and oxygen atoms in total. The molecule has 2 amide bonds. The lowest BCUT2D eigenvalue weighted by molar-refractivity contribution is -0.140. The molecule has 0 aromatic heterocycles. The second kappa shape index (κ2) is 2.92. The normalized spacial score (nSPS) is 26.7. The molecule has 1 N–H and O–H groups in total. The number of carbonyl (C=O) groups excluding carboxylic acids is 2. The molecule has 1 fully saturated rings. The summed E-state index contributed by atoms with van der Waals surface area (Å²) in [4.78, 5) is 22.8. The van der Waals surface area contributed by atoms with E-state index in [1.54, 1.807) is 12.2 Å². The highest BCUT2D eigenvalue weighted by molar-refractivity contribution is 7.78. The Labute approximate surface area is 80.8 Å². The van der Waals surface area contributed by atoms with Crippen LogP contribution in [0.3, 0.4) is 0 Å². The van der Waals surface area contributed by atoms with Crippen LogP contribution in [-0.2, 0) is 9.59 Å². The Bertz CT molecular complexity index is 335. The molecular formula is C8H8N2O2S. The molecule has 1 aliphatic heterocycles. The van der Waals surface area contributed by atoms with Gasteiger partial charge < -0.3 is 0 Å². The molecular weight excluding hydrogens is 188 g/mol. The lowest BCUT2D eigenvalue weighted by Gasteiger charge is -2.30. The molecule has 1 saturated heterocycles. The predicted molar refractivity (Wildman–Crippen MR) is 49.3 cm³/mol. The number of amides is 2. The van der Waals surface area contributed by atoms with Gasteiger partial charge in [0, 0.05) is 5.57 Å². The van der Waals surface area contributed by atoms with Crippen molar-refractivity contribution in [2.24, 2.45) is 5.92 Å². The smallest absolute Gasteiger partial charge is 0.267 e. The molecule has 0 spiro atoms. The second-order valence-electron chi connectivity index (χ2n) is 2.93. The number of hydrogen-bond donors (Lipinski definition) is 2. The van der Waals surface area contributed by atoms with Gasteiger partial charge in [0.05, 0.1) is 5.92 Å². The van der Waals surface area contributed by atoms with Crippen LogP contribution in [0.5, 0.6) is 0 Å². The van der Waals surface area contributed by atoms with E-state index < -0.39 is 0 Å². The molecule has 1 unspecified atom stereocenters. The quantitative estimate of drug-likeness (QED) is 0.544. The van der Waals surface area contributed by atoms with Gasteiger partial charge in [0.25, 0.3) is 11.8 Å². The van der Waals surface area contributed by atoms with Crippen LogP contribution >= 0.6 is 12.8 Å². The zero-order valence-corrected chi connectivity index (χ0v) is 7.62. The molecule has 68 valence electrons. The fourth-order valence-corrected chi connectivity index (χ4v) is 1.69. The maximum atomic E-state index is 11.5. The third-order valence-electron chi connectivity index (χ3n) is 2.14. The van der Waals surface area contributed by atoms with Crippen LogP contribution in [0.4, 0.5) is 0 Å². The first-order valence-electron chi connectivity index (χ1n) is 3.90. The molecule has 2 aliphatic rings. The Morgan fingerprint density at radius 3 is 3.08 bits per heavy atom. The number of hydrazine groups is 1. The van der Waals surface area contributed by atoms with Crippen LogP contribution in [0.1, 0.15) is 6.42 Å². The van der Waals surface area contributed by atoms with Gasteiger partial charge in [-0.3, -0.25) is 15.0 Å². The van der Waals surface area contributed by atoms with Crippen LogP contribution in [0.25, 0.3) is 0 Å². The number of thiol groups is 1. The van der Waals surface area contributed by atoms with E-state index in [0.717, 1.165) is 4.41 Å². The Kier molecular flexibility index (Phi) is 1.88. The number of hydrogen-bond acceptors (Lipinski definition) is 3. The third-order valence-corrected chi connectivity index (χ3v) is 2.43. The first kappa shape index (κ1) is 8.37. The maximum absolute atomic E-state index is 11.5. The molecule has 0 aromatic rings. The molecule has 0 bridgehead atoms. The van der Waals surface area contributed by atoms with Gasteiger partial charge in [-0.1, -0.05) is 18.2 Å². The first-order valence-corrected chi connectivity index (χ1v) is 4.30. The fraction of sp³-hybridized carbons (Fsp3) is 0.250. The lowest BCUT2D eigenvalue weighted by atomic mass is 9.89. The van der Waals surface area contributed by atoms with Crippen LogP contribution < -0.4 is 5.43 Å². The molecule has 13 heavy (non-hydrogen) atoms. The minimum Gasteiger partial charge on any atom is -0.271 e. The van der Waals surface area contributed by atoms with Crippen LogP contribution in [0.2, 0.25) is 0 Å². The van der Waals surface area contributed by atoms with Crippen LogP contribution in [0, 0.1) is 5.92 Å². The number of fused-ring (bicyclic) bond motifs is 1. The fourth-order valence-electron chi connectivity index (χ4n) is 1.46. The van der Waals surface area contributed by atoms with Crippen molar-refractivity contribution in [3.05, 3.63) is 23.8 Å². The summed E-state index contributed by atoms with van der Waals surface area (Å²) in [6.07, 6.45) is 5.90. The van der Waals surface area contributed by atoms with Gasteiger partial charge in [-0.15, -0.1) is 0 Å².